The van der Waals surface area contributed by atoms with Crippen molar-refractivity contribution < 1.29 is 14.4 Å². The molecule has 2 heterocycles. The van der Waals surface area contributed by atoms with Gasteiger partial charge in [-0.1, -0.05) is 23.7 Å². The summed E-state index contributed by atoms with van der Waals surface area (Å²) in [6, 6.07) is 11.9. The van der Waals surface area contributed by atoms with Gasteiger partial charge < -0.3 is 5.32 Å². The number of thiazole rings is 1. The van der Waals surface area contributed by atoms with Crippen LogP contribution >= 0.6 is 22.9 Å². The van der Waals surface area contributed by atoms with E-state index in [1.165, 1.54) is 30.5 Å². The van der Waals surface area contributed by atoms with Crippen molar-refractivity contribution in [1.82, 2.24) is 9.88 Å². The minimum absolute atomic E-state index is 0.259. The number of fused-ring (bicyclic) bond motifs is 1. The van der Waals surface area contributed by atoms with Crippen LogP contribution in [-0.2, 0) is 0 Å². The van der Waals surface area contributed by atoms with E-state index < -0.39 is 5.91 Å². The van der Waals surface area contributed by atoms with Gasteiger partial charge in [-0.25, -0.2) is 4.98 Å². The molecule has 3 aromatic rings. The van der Waals surface area contributed by atoms with Crippen molar-refractivity contribution >= 4 is 46.3 Å². The Labute approximate surface area is 163 Å². The van der Waals surface area contributed by atoms with Gasteiger partial charge in [0.15, 0.2) is 0 Å². The zero-order valence-corrected chi connectivity index (χ0v) is 15.6. The lowest BCUT2D eigenvalue weighted by Gasteiger charge is -2.04. The van der Waals surface area contributed by atoms with E-state index in [1.807, 2.05) is 12.1 Å². The van der Waals surface area contributed by atoms with E-state index in [9.17, 15) is 14.4 Å². The molecule has 4 rings (SSSR count). The lowest BCUT2D eigenvalue weighted by molar-refractivity contribution is 0.0692. The van der Waals surface area contributed by atoms with Crippen molar-refractivity contribution in [3.63, 3.8) is 0 Å². The Hall–Kier alpha value is -3.03. The molecule has 1 aliphatic heterocycles. The summed E-state index contributed by atoms with van der Waals surface area (Å²) in [4.78, 5) is 41.9. The summed E-state index contributed by atoms with van der Waals surface area (Å²) in [5.41, 5.74) is 2.12. The lowest BCUT2D eigenvalue weighted by Crippen LogP contribution is -2.24. The molecule has 0 atom stereocenters. The molecule has 0 radical (unpaired) electrons. The van der Waals surface area contributed by atoms with E-state index in [-0.39, 0.29) is 23.1 Å². The zero-order valence-electron chi connectivity index (χ0n) is 14.0. The predicted molar refractivity (Wildman–Crippen MR) is 103 cm³/mol. The van der Waals surface area contributed by atoms with Crippen LogP contribution in [0.4, 0.5) is 5.69 Å². The normalized spacial score (nSPS) is 13.0. The molecule has 134 valence electrons. The Bertz CT molecular complexity index is 1110. The fourth-order valence-electron chi connectivity index (χ4n) is 2.77. The first-order valence-electron chi connectivity index (χ1n) is 7.93. The van der Waals surface area contributed by atoms with Crippen molar-refractivity contribution in [3.05, 3.63) is 69.7 Å². The molecule has 1 aromatic heterocycles. The summed E-state index contributed by atoms with van der Waals surface area (Å²) in [6.07, 6.45) is 0. The highest BCUT2D eigenvalue weighted by Crippen LogP contribution is 2.27. The van der Waals surface area contributed by atoms with Crippen LogP contribution in [0, 0.1) is 0 Å². The van der Waals surface area contributed by atoms with Gasteiger partial charge in [-0.3, -0.25) is 19.3 Å². The Kier molecular flexibility index (Phi) is 4.25. The summed E-state index contributed by atoms with van der Waals surface area (Å²) in [5.74, 6) is -1.13. The Morgan fingerprint density at radius 1 is 1.11 bits per heavy atom. The van der Waals surface area contributed by atoms with Crippen LogP contribution in [0.15, 0.2) is 47.8 Å². The number of hydrogen-bond acceptors (Lipinski definition) is 5. The van der Waals surface area contributed by atoms with Crippen LogP contribution in [-0.4, -0.2) is 34.7 Å². The monoisotopic (exact) mass is 397 g/mol. The summed E-state index contributed by atoms with van der Waals surface area (Å²) >= 11 is 7.33. The van der Waals surface area contributed by atoms with Crippen molar-refractivity contribution in [3.8, 4) is 10.6 Å². The maximum Gasteiger partial charge on any atom is 0.275 e. The summed E-state index contributed by atoms with van der Waals surface area (Å²) in [6.45, 7) is 0. The van der Waals surface area contributed by atoms with Crippen LogP contribution in [0.1, 0.15) is 31.2 Å². The third-order valence-corrected chi connectivity index (χ3v) is 5.28. The van der Waals surface area contributed by atoms with Gasteiger partial charge in [0.1, 0.15) is 10.7 Å². The number of nitrogens with zero attached hydrogens (tertiary/aromatic N) is 2. The molecular weight excluding hydrogens is 386 g/mol. The number of carbonyl (C=O) groups excluding carboxylic acids is 3. The van der Waals surface area contributed by atoms with E-state index >= 15 is 0 Å². The Morgan fingerprint density at radius 2 is 1.89 bits per heavy atom. The average molecular weight is 398 g/mol. The lowest BCUT2D eigenvalue weighted by atomic mass is 10.1. The van der Waals surface area contributed by atoms with Crippen molar-refractivity contribution in [2.24, 2.45) is 0 Å². The van der Waals surface area contributed by atoms with Crippen LogP contribution in [0.25, 0.3) is 10.6 Å². The molecule has 0 unspecified atom stereocenters. The van der Waals surface area contributed by atoms with E-state index in [1.54, 1.807) is 23.6 Å². The molecule has 2 aromatic carbocycles. The summed E-state index contributed by atoms with van der Waals surface area (Å²) < 4.78 is 0. The number of rotatable bonds is 3. The van der Waals surface area contributed by atoms with Crippen molar-refractivity contribution in [2.45, 2.75) is 0 Å². The van der Waals surface area contributed by atoms with Gasteiger partial charge in [-0.05, 0) is 30.3 Å². The number of benzene rings is 2. The number of imide groups is 1. The molecule has 1 N–H and O–H groups in total. The van der Waals surface area contributed by atoms with Gasteiger partial charge in [0.25, 0.3) is 17.7 Å². The van der Waals surface area contributed by atoms with E-state index in [2.05, 4.69) is 10.3 Å². The number of halogens is 1. The largest absolute Gasteiger partial charge is 0.321 e. The fraction of sp³-hybridized carbons (Fsp3) is 0.0526. The van der Waals surface area contributed by atoms with Gasteiger partial charge in [0.05, 0.1) is 11.1 Å². The van der Waals surface area contributed by atoms with Gasteiger partial charge in [-0.2, -0.15) is 0 Å². The molecule has 0 aliphatic carbocycles. The maximum atomic E-state index is 12.5. The second-order valence-electron chi connectivity index (χ2n) is 5.93. The molecule has 0 fully saturated rings. The van der Waals surface area contributed by atoms with Crippen LogP contribution in [0.5, 0.6) is 0 Å². The van der Waals surface area contributed by atoms with Crippen molar-refractivity contribution in [2.75, 3.05) is 12.4 Å². The van der Waals surface area contributed by atoms with Crippen LogP contribution < -0.4 is 5.32 Å². The van der Waals surface area contributed by atoms with Gasteiger partial charge in [-0.15, -0.1) is 11.3 Å². The SMILES string of the molecule is CN1C(=O)c2ccc(NC(=O)c3csc(-c4cccc(Cl)c4)n3)cc2C1=O. The van der Waals surface area contributed by atoms with E-state index in [0.717, 1.165) is 10.5 Å². The second-order valence-corrected chi connectivity index (χ2v) is 7.23. The number of aromatic nitrogens is 1. The topological polar surface area (TPSA) is 79.4 Å². The first kappa shape index (κ1) is 17.4. The van der Waals surface area contributed by atoms with Gasteiger partial charge in [0.2, 0.25) is 0 Å². The Morgan fingerprint density at radius 3 is 2.67 bits per heavy atom. The minimum atomic E-state index is -0.399. The molecule has 0 saturated heterocycles. The number of nitrogens with one attached hydrogen (secondary N) is 1. The number of carbonyl (C=O) groups is 3. The summed E-state index contributed by atoms with van der Waals surface area (Å²) in [5, 5.41) is 5.64. The molecule has 3 amide bonds. The standard InChI is InChI=1S/C19H12ClN3O3S/c1-23-18(25)13-6-5-12(8-14(13)19(23)26)21-16(24)15-9-27-17(22-15)10-3-2-4-11(20)7-10/h2-9H,1H3,(H,21,24). The van der Waals surface area contributed by atoms with E-state index in [0.29, 0.717) is 21.3 Å². The molecule has 27 heavy (non-hydrogen) atoms. The molecule has 1 aliphatic rings. The molecule has 8 heteroatoms. The third kappa shape index (κ3) is 3.11. The summed E-state index contributed by atoms with van der Waals surface area (Å²) in [7, 11) is 1.43. The maximum absolute atomic E-state index is 12.5. The molecule has 0 spiro atoms. The number of hydrogen-bond donors (Lipinski definition) is 1. The van der Waals surface area contributed by atoms with Crippen molar-refractivity contribution in [1.29, 1.82) is 0 Å². The zero-order chi connectivity index (χ0) is 19.1. The van der Waals surface area contributed by atoms with Gasteiger partial charge in [0, 0.05) is 28.7 Å². The van der Waals surface area contributed by atoms with Crippen LogP contribution in [0.2, 0.25) is 5.02 Å². The fourth-order valence-corrected chi connectivity index (χ4v) is 3.75. The quantitative estimate of drug-likeness (QED) is 0.679. The first-order valence-corrected chi connectivity index (χ1v) is 9.19. The van der Waals surface area contributed by atoms with E-state index in [4.69, 9.17) is 11.6 Å². The van der Waals surface area contributed by atoms with Gasteiger partial charge >= 0.3 is 0 Å². The second kappa shape index (κ2) is 6.61. The molecule has 0 saturated carbocycles. The average Bonchev–Trinajstić information content (AvgIpc) is 3.23. The highest BCUT2D eigenvalue weighted by atomic mass is 35.5. The molecule has 6 nitrogen and oxygen atoms in total. The first-order chi connectivity index (χ1) is 12.9. The number of anilines is 1. The Balaban J connectivity index is 1.56. The molecule has 0 bridgehead atoms. The highest BCUT2D eigenvalue weighted by Gasteiger charge is 2.32. The number of amides is 3. The smallest absolute Gasteiger partial charge is 0.275 e. The predicted octanol–water partition coefficient (Wildman–Crippen LogP) is 3.94. The molecular formula is C19H12ClN3O3S. The highest BCUT2D eigenvalue weighted by molar-refractivity contribution is 7.13. The van der Waals surface area contributed by atoms with Crippen LogP contribution in [0.3, 0.4) is 0 Å². The minimum Gasteiger partial charge on any atom is -0.321 e. The third-order valence-electron chi connectivity index (χ3n) is 4.16.